The van der Waals surface area contributed by atoms with Crippen molar-refractivity contribution < 1.29 is 4.74 Å². The van der Waals surface area contributed by atoms with E-state index in [1.54, 1.807) is 0 Å². The van der Waals surface area contributed by atoms with Crippen molar-refractivity contribution in [3.63, 3.8) is 0 Å². The van der Waals surface area contributed by atoms with E-state index in [0.29, 0.717) is 6.10 Å². The number of nitrogen functional groups attached to an aromatic ring is 1. The Kier molecular flexibility index (Phi) is 5.79. The summed E-state index contributed by atoms with van der Waals surface area (Å²) >= 11 is 0. The van der Waals surface area contributed by atoms with Crippen LogP contribution in [0.15, 0.2) is 18.2 Å². The highest BCUT2D eigenvalue weighted by Gasteiger charge is 2.23. The summed E-state index contributed by atoms with van der Waals surface area (Å²) in [5, 5.41) is 0. The fourth-order valence-electron chi connectivity index (χ4n) is 3.68. The van der Waals surface area contributed by atoms with Gasteiger partial charge >= 0.3 is 0 Å². The van der Waals surface area contributed by atoms with Crippen LogP contribution in [-0.2, 0) is 4.74 Å². The fourth-order valence-corrected chi connectivity index (χ4v) is 3.68. The van der Waals surface area contributed by atoms with E-state index in [4.69, 9.17) is 10.5 Å². The topological polar surface area (TPSA) is 41.7 Å². The summed E-state index contributed by atoms with van der Waals surface area (Å²) in [6, 6.07) is 6.33. The quantitative estimate of drug-likeness (QED) is 0.647. The smallest absolute Gasteiger partial charge is 0.0766 e. The molecule has 4 heteroatoms. The largest absolute Gasteiger partial charge is 0.399 e. The predicted molar refractivity (Wildman–Crippen MR) is 97.1 cm³/mol. The van der Waals surface area contributed by atoms with E-state index >= 15 is 0 Å². The number of hydrogen-bond donors (Lipinski definition) is 1. The minimum atomic E-state index is 0.384. The van der Waals surface area contributed by atoms with E-state index in [1.807, 2.05) is 6.07 Å². The lowest BCUT2D eigenvalue weighted by Gasteiger charge is -2.26. The molecule has 1 atom stereocenters. The van der Waals surface area contributed by atoms with Crippen molar-refractivity contribution in [2.45, 2.75) is 45.1 Å². The van der Waals surface area contributed by atoms with Crippen LogP contribution in [0.25, 0.3) is 0 Å². The molecule has 0 radical (unpaired) electrons. The number of aryl methyl sites for hydroxylation is 1. The minimum Gasteiger partial charge on any atom is -0.399 e. The van der Waals surface area contributed by atoms with E-state index in [-0.39, 0.29) is 0 Å². The molecule has 1 aromatic carbocycles. The molecule has 0 aromatic heterocycles. The summed E-state index contributed by atoms with van der Waals surface area (Å²) < 4.78 is 6.11. The summed E-state index contributed by atoms with van der Waals surface area (Å²) in [4.78, 5) is 5.01. The van der Waals surface area contributed by atoms with Crippen LogP contribution in [0.1, 0.15) is 37.7 Å². The third-order valence-electron chi connectivity index (χ3n) is 5.18. The first kappa shape index (κ1) is 16.6. The Morgan fingerprint density at radius 3 is 2.78 bits per heavy atom. The van der Waals surface area contributed by atoms with Crippen LogP contribution in [0.5, 0.6) is 0 Å². The van der Waals surface area contributed by atoms with Crippen molar-refractivity contribution in [3.8, 4) is 0 Å². The van der Waals surface area contributed by atoms with Gasteiger partial charge < -0.3 is 20.3 Å². The lowest BCUT2D eigenvalue weighted by molar-refractivity contribution is 0.0594. The van der Waals surface area contributed by atoms with Gasteiger partial charge in [-0.2, -0.15) is 0 Å². The first-order valence-electron chi connectivity index (χ1n) is 9.17. The molecule has 0 spiro atoms. The number of benzene rings is 1. The molecular weight excluding hydrogens is 286 g/mol. The van der Waals surface area contributed by atoms with Crippen molar-refractivity contribution in [2.24, 2.45) is 0 Å². The second-order valence-corrected chi connectivity index (χ2v) is 7.02. The number of ether oxygens (including phenoxy) is 1. The fraction of sp³-hybridized carbons (Fsp3) is 0.684. The molecule has 2 heterocycles. The maximum Gasteiger partial charge on any atom is 0.0766 e. The molecule has 1 unspecified atom stereocenters. The minimum absolute atomic E-state index is 0.384. The number of anilines is 2. The van der Waals surface area contributed by atoms with Crippen molar-refractivity contribution >= 4 is 11.4 Å². The average Bonchev–Trinajstić information content (AvgIpc) is 3.04. The van der Waals surface area contributed by atoms with Crippen LogP contribution >= 0.6 is 0 Å². The number of nitrogens with two attached hydrogens (primary N) is 1. The zero-order chi connectivity index (χ0) is 16.1. The molecule has 1 aromatic rings. The standard InChI is InChI=1S/C19H31N3O/c1-16-14-17(6-7-19(16)20)22-12-8-18(15-22)23-13-5-11-21-9-3-2-4-10-21/h6-7,14,18H,2-5,8-13,15,20H2,1H3. The van der Waals surface area contributed by atoms with Crippen LogP contribution in [0.4, 0.5) is 11.4 Å². The molecule has 23 heavy (non-hydrogen) atoms. The Morgan fingerprint density at radius 1 is 1.17 bits per heavy atom. The number of rotatable bonds is 6. The predicted octanol–water partition coefficient (Wildman–Crippen LogP) is 3.05. The molecule has 2 aliphatic heterocycles. The summed E-state index contributed by atoms with van der Waals surface area (Å²) in [6.07, 6.45) is 6.84. The van der Waals surface area contributed by atoms with Crippen molar-refractivity contribution in [1.29, 1.82) is 0 Å². The van der Waals surface area contributed by atoms with Crippen LogP contribution < -0.4 is 10.6 Å². The Hall–Kier alpha value is -1.26. The monoisotopic (exact) mass is 317 g/mol. The van der Waals surface area contributed by atoms with E-state index < -0.39 is 0 Å². The van der Waals surface area contributed by atoms with Crippen molar-refractivity contribution in [2.75, 3.05) is 50.0 Å². The van der Waals surface area contributed by atoms with Gasteiger partial charge in [0.15, 0.2) is 0 Å². The van der Waals surface area contributed by atoms with Crippen molar-refractivity contribution in [1.82, 2.24) is 4.90 Å². The summed E-state index contributed by atoms with van der Waals surface area (Å²) in [5.74, 6) is 0. The van der Waals surface area contributed by atoms with Gasteiger partial charge in [0.2, 0.25) is 0 Å². The summed E-state index contributed by atoms with van der Waals surface area (Å²) in [7, 11) is 0. The zero-order valence-electron chi connectivity index (χ0n) is 14.5. The van der Waals surface area contributed by atoms with Crippen LogP contribution in [0, 0.1) is 6.92 Å². The molecule has 0 saturated carbocycles. The maximum atomic E-state index is 6.11. The highest BCUT2D eigenvalue weighted by atomic mass is 16.5. The lowest BCUT2D eigenvalue weighted by Crippen LogP contribution is -2.31. The van der Waals surface area contributed by atoms with E-state index in [1.165, 1.54) is 44.6 Å². The second kappa shape index (κ2) is 8.02. The Bertz CT molecular complexity index is 499. The van der Waals surface area contributed by atoms with Crippen LogP contribution in [0.2, 0.25) is 0 Å². The van der Waals surface area contributed by atoms with E-state index in [2.05, 4.69) is 28.9 Å². The Morgan fingerprint density at radius 2 is 2.00 bits per heavy atom. The van der Waals surface area contributed by atoms with Gasteiger partial charge in [-0.1, -0.05) is 6.42 Å². The number of likely N-dealkylation sites (tertiary alicyclic amines) is 1. The van der Waals surface area contributed by atoms with Gasteiger partial charge in [0.25, 0.3) is 0 Å². The lowest BCUT2D eigenvalue weighted by atomic mass is 10.1. The molecule has 2 N–H and O–H groups in total. The molecule has 4 nitrogen and oxygen atoms in total. The molecule has 0 aliphatic carbocycles. The number of piperidine rings is 1. The van der Waals surface area contributed by atoms with Crippen molar-refractivity contribution in [3.05, 3.63) is 23.8 Å². The first-order chi connectivity index (χ1) is 11.2. The van der Waals surface area contributed by atoms with Gasteiger partial charge in [-0.3, -0.25) is 0 Å². The number of nitrogens with zero attached hydrogens (tertiary/aromatic N) is 2. The van der Waals surface area contributed by atoms with Gasteiger partial charge in [-0.25, -0.2) is 0 Å². The zero-order valence-corrected chi connectivity index (χ0v) is 14.5. The highest BCUT2D eigenvalue weighted by Crippen LogP contribution is 2.25. The van der Waals surface area contributed by atoms with Crippen LogP contribution in [0.3, 0.4) is 0 Å². The molecule has 2 aliphatic rings. The molecule has 0 bridgehead atoms. The summed E-state index contributed by atoms with van der Waals surface area (Å²) in [6.45, 7) is 8.83. The Balaban J connectivity index is 1.37. The van der Waals surface area contributed by atoms with Crippen LogP contribution in [-0.4, -0.2) is 50.3 Å². The molecule has 2 saturated heterocycles. The van der Waals surface area contributed by atoms with E-state index in [0.717, 1.165) is 43.8 Å². The van der Waals surface area contributed by atoms with Gasteiger partial charge in [-0.15, -0.1) is 0 Å². The SMILES string of the molecule is Cc1cc(N2CCC(OCCCN3CCCCC3)C2)ccc1N. The van der Waals surface area contributed by atoms with Gasteiger partial charge in [-0.05, 0) is 69.5 Å². The third-order valence-corrected chi connectivity index (χ3v) is 5.18. The molecular formula is C19H31N3O. The van der Waals surface area contributed by atoms with Gasteiger partial charge in [0.1, 0.15) is 0 Å². The molecule has 3 rings (SSSR count). The van der Waals surface area contributed by atoms with Gasteiger partial charge in [0, 0.05) is 37.6 Å². The van der Waals surface area contributed by atoms with E-state index in [9.17, 15) is 0 Å². The number of hydrogen-bond acceptors (Lipinski definition) is 4. The maximum absolute atomic E-state index is 6.11. The third kappa shape index (κ3) is 4.61. The second-order valence-electron chi connectivity index (χ2n) is 7.02. The highest BCUT2D eigenvalue weighted by molar-refractivity contribution is 5.58. The molecule has 2 fully saturated rings. The Labute approximate surface area is 140 Å². The molecule has 128 valence electrons. The normalized spacial score (nSPS) is 22.7. The van der Waals surface area contributed by atoms with Gasteiger partial charge in [0.05, 0.1) is 6.10 Å². The molecule has 0 amide bonds. The summed E-state index contributed by atoms with van der Waals surface area (Å²) in [5.41, 5.74) is 9.22. The first-order valence-corrected chi connectivity index (χ1v) is 9.17. The average molecular weight is 317 g/mol.